The molecule has 1 atom stereocenters. The number of rotatable bonds is 3. The van der Waals surface area contributed by atoms with E-state index in [-0.39, 0.29) is 6.17 Å². The quantitative estimate of drug-likeness (QED) is 0.200. The van der Waals surface area contributed by atoms with Gasteiger partial charge in [-0.1, -0.05) is 133 Å². The molecular formula is C48H32N4. The maximum Gasteiger partial charge on any atom is 0.147 e. The van der Waals surface area contributed by atoms with Gasteiger partial charge in [-0.3, -0.25) is 4.57 Å². The molecule has 0 spiro atoms. The summed E-state index contributed by atoms with van der Waals surface area (Å²) in [5, 5.41) is 11.1. The van der Waals surface area contributed by atoms with E-state index in [4.69, 9.17) is 4.99 Å². The molecule has 0 fully saturated rings. The average Bonchev–Trinajstić information content (AvgIpc) is 3.74. The first kappa shape index (κ1) is 28.9. The van der Waals surface area contributed by atoms with E-state index in [1.54, 1.807) is 0 Å². The van der Waals surface area contributed by atoms with Gasteiger partial charge in [0.2, 0.25) is 0 Å². The Labute approximate surface area is 300 Å². The lowest BCUT2D eigenvalue weighted by Gasteiger charge is -2.28. The van der Waals surface area contributed by atoms with E-state index in [0.29, 0.717) is 0 Å². The standard InChI is InChI=1S/C48H32N4/c1-3-15-32(16-4-1)47-49-46-36-19-8-7-14-31(36)26-28-39(46)48(50-47)52-41-23-11-9-20-37(41)40-30-33(27-29-43(40)52)35-22-13-25-44-45(35)38-21-10-12-24-42(38)51(44)34-17-5-2-6-18-34/h1-30,47,49H. The number of nitrogens with one attached hydrogen (secondary N) is 1. The second-order valence-electron chi connectivity index (χ2n) is 13.6. The summed E-state index contributed by atoms with van der Waals surface area (Å²) in [6, 6.07) is 65.5. The molecule has 0 saturated heterocycles. The number of aliphatic imine (C=N–C) groups is 1. The number of benzene rings is 8. The molecule has 8 aromatic carbocycles. The van der Waals surface area contributed by atoms with Crippen molar-refractivity contribution in [1.29, 1.82) is 0 Å². The van der Waals surface area contributed by atoms with Gasteiger partial charge in [0.05, 0.1) is 27.8 Å². The van der Waals surface area contributed by atoms with Crippen molar-refractivity contribution < 1.29 is 0 Å². The number of aromatic nitrogens is 2. The summed E-state index contributed by atoms with van der Waals surface area (Å²) in [4.78, 5) is 5.50. The molecule has 0 saturated carbocycles. The van der Waals surface area contributed by atoms with Crippen molar-refractivity contribution in [3.05, 3.63) is 193 Å². The SMILES string of the molecule is c1ccc(C2N=C(n3c4ccccc4c4cc(-c5cccc6c5c5ccccc5n6-c5ccccc5)ccc43)c3ccc4ccccc4c3N2)cc1. The molecule has 0 aliphatic carbocycles. The van der Waals surface area contributed by atoms with Crippen LogP contribution in [0, 0.1) is 0 Å². The van der Waals surface area contributed by atoms with E-state index in [1.807, 2.05) is 0 Å². The van der Waals surface area contributed by atoms with Gasteiger partial charge in [-0.15, -0.1) is 0 Å². The smallest absolute Gasteiger partial charge is 0.147 e. The molecule has 2 aromatic heterocycles. The van der Waals surface area contributed by atoms with Crippen molar-refractivity contribution in [2.24, 2.45) is 4.99 Å². The molecule has 10 aromatic rings. The topological polar surface area (TPSA) is 34.2 Å². The highest BCUT2D eigenvalue weighted by Gasteiger charge is 2.27. The van der Waals surface area contributed by atoms with Gasteiger partial charge in [0.25, 0.3) is 0 Å². The van der Waals surface area contributed by atoms with Crippen molar-refractivity contribution in [3.63, 3.8) is 0 Å². The second kappa shape index (κ2) is 11.3. The van der Waals surface area contributed by atoms with E-state index >= 15 is 0 Å². The molecule has 0 radical (unpaired) electrons. The first-order chi connectivity index (χ1) is 25.8. The predicted octanol–water partition coefficient (Wildman–Crippen LogP) is 12.1. The Bertz CT molecular complexity index is 3040. The van der Waals surface area contributed by atoms with Crippen molar-refractivity contribution in [2.75, 3.05) is 5.32 Å². The van der Waals surface area contributed by atoms with Gasteiger partial charge in [0.15, 0.2) is 0 Å². The minimum absolute atomic E-state index is 0.232. The van der Waals surface area contributed by atoms with E-state index in [9.17, 15) is 0 Å². The molecule has 52 heavy (non-hydrogen) atoms. The van der Waals surface area contributed by atoms with Crippen molar-refractivity contribution in [2.45, 2.75) is 6.17 Å². The highest BCUT2D eigenvalue weighted by atomic mass is 15.2. The lowest BCUT2D eigenvalue weighted by atomic mass is 9.97. The molecule has 1 unspecified atom stereocenters. The van der Waals surface area contributed by atoms with Crippen molar-refractivity contribution >= 4 is 65.9 Å². The number of nitrogens with zero attached hydrogens (tertiary/aromatic N) is 3. The maximum atomic E-state index is 5.50. The van der Waals surface area contributed by atoms with Crippen LogP contribution in [0.1, 0.15) is 17.3 Å². The van der Waals surface area contributed by atoms with Gasteiger partial charge < -0.3 is 9.88 Å². The fourth-order valence-corrected chi connectivity index (χ4v) is 8.43. The van der Waals surface area contributed by atoms with Gasteiger partial charge in [-0.2, -0.15) is 0 Å². The van der Waals surface area contributed by atoms with Crippen LogP contribution in [0.4, 0.5) is 5.69 Å². The summed E-state index contributed by atoms with van der Waals surface area (Å²) in [7, 11) is 0. The summed E-state index contributed by atoms with van der Waals surface area (Å²) < 4.78 is 4.76. The third-order valence-corrected chi connectivity index (χ3v) is 10.7. The third-order valence-electron chi connectivity index (χ3n) is 10.7. The van der Waals surface area contributed by atoms with Crippen LogP contribution in [0.5, 0.6) is 0 Å². The summed E-state index contributed by atoms with van der Waals surface area (Å²) >= 11 is 0. The minimum Gasteiger partial charge on any atom is -0.359 e. The first-order valence-electron chi connectivity index (χ1n) is 17.8. The molecule has 1 N–H and O–H groups in total. The van der Waals surface area contributed by atoms with E-state index in [0.717, 1.165) is 39.4 Å². The summed E-state index contributed by atoms with van der Waals surface area (Å²) in [6.07, 6.45) is -0.232. The Hall–Kier alpha value is -6.91. The molecule has 0 amide bonds. The van der Waals surface area contributed by atoms with Crippen LogP contribution < -0.4 is 5.32 Å². The predicted molar refractivity (Wildman–Crippen MR) is 218 cm³/mol. The highest BCUT2D eigenvalue weighted by Crippen LogP contribution is 2.42. The minimum atomic E-state index is -0.232. The van der Waals surface area contributed by atoms with Crippen LogP contribution in [0.2, 0.25) is 0 Å². The lowest BCUT2D eigenvalue weighted by Crippen LogP contribution is -2.25. The number of hydrogen-bond donors (Lipinski definition) is 1. The Kier molecular flexibility index (Phi) is 6.28. The largest absolute Gasteiger partial charge is 0.359 e. The number of hydrogen-bond acceptors (Lipinski definition) is 2. The van der Waals surface area contributed by atoms with Crippen LogP contribution in [0.3, 0.4) is 0 Å². The van der Waals surface area contributed by atoms with E-state index in [2.05, 4.69) is 196 Å². The van der Waals surface area contributed by atoms with Crippen LogP contribution >= 0.6 is 0 Å². The van der Waals surface area contributed by atoms with Crippen LogP contribution in [-0.4, -0.2) is 15.0 Å². The lowest BCUT2D eigenvalue weighted by molar-refractivity contribution is 0.821. The summed E-state index contributed by atoms with van der Waals surface area (Å²) in [5.41, 5.74) is 11.6. The van der Waals surface area contributed by atoms with Gasteiger partial charge in [0.1, 0.15) is 12.0 Å². The zero-order valence-electron chi connectivity index (χ0n) is 28.2. The van der Waals surface area contributed by atoms with Gasteiger partial charge in [-0.05, 0) is 70.6 Å². The molecular weight excluding hydrogens is 633 g/mol. The fourth-order valence-electron chi connectivity index (χ4n) is 8.43. The van der Waals surface area contributed by atoms with Crippen molar-refractivity contribution in [3.8, 4) is 16.8 Å². The Morgan fingerprint density at radius 3 is 1.92 bits per heavy atom. The van der Waals surface area contributed by atoms with Crippen molar-refractivity contribution in [1.82, 2.24) is 9.13 Å². The molecule has 3 heterocycles. The van der Waals surface area contributed by atoms with Gasteiger partial charge in [-0.25, -0.2) is 4.99 Å². The Balaban J connectivity index is 1.17. The molecule has 1 aliphatic heterocycles. The fraction of sp³-hybridized carbons (Fsp3) is 0.0208. The monoisotopic (exact) mass is 664 g/mol. The summed E-state index contributed by atoms with van der Waals surface area (Å²) in [6.45, 7) is 0. The van der Waals surface area contributed by atoms with E-state index in [1.165, 1.54) is 54.5 Å². The Morgan fingerprint density at radius 2 is 1.10 bits per heavy atom. The molecule has 0 bridgehead atoms. The zero-order chi connectivity index (χ0) is 34.2. The third kappa shape index (κ3) is 4.25. The van der Waals surface area contributed by atoms with Gasteiger partial charge >= 0.3 is 0 Å². The molecule has 1 aliphatic rings. The number of fused-ring (bicyclic) bond motifs is 9. The van der Waals surface area contributed by atoms with Crippen LogP contribution in [0.25, 0.3) is 71.2 Å². The summed E-state index contributed by atoms with van der Waals surface area (Å²) in [5.74, 6) is 0.945. The number of anilines is 1. The first-order valence-corrected chi connectivity index (χ1v) is 17.8. The second-order valence-corrected chi connectivity index (χ2v) is 13.6. The van der Waals surface area contributed by atoms with Crippen LogP contribution in [-0.2, 0) is 0 Å². The highest BCUT2D eigenvalue weighted by molar-refractivity contribution is 6.22. The molecule has 4 nitrogen and oxygen atoms in total. The maximum absolute atomic E-state index is 5.50. The number of para-hydroxylation sites is 3. The van der Waals surface area contributed by atoms with E-state index < -0.39 is 0 Å². The zero-order valence-corrected chi connectivity index (χ0v) is 28.2. The molecule has 244 valence electrons. The average molecular weight is 665 g/mol. The van der Waals surface area contributed by atoms with Crippen LogP contribution in [0.15, 0.2) is 187 Å². The normalized spacial score (nSPS) is 14.2. The Morgan fingerprint density at radius 1 is 0.442 bits per heavy atom. The molecule has 4 heteroatoms. The van der Waals surface area contributed by atoms with Gasteiger partial charge in [0, 0.05) is 38.2 Å². The molecule has 11 rings (SSSR count).